The van der Waals surface area contributed by atoms with Crippen LogP contribution < -0.4 is 0 Å². The Morgan fingerprint density at radius 1 is 0.913 bits per heavy atom. The largest absolute Gasteiger partial charge is 0.235 e. The van der Waals surface area contributed by atoms with Crippen molar-refractivity contribution < 1.29 is 0 Å². The zero-order valence-corrected chi connectivity index (χ0v) is 13.4. The van der Waals surface area contributed by atoms with Crippen molar-refractivity contribution in [1.82, 2.24) is 19.8 Å². The molecular formula is C18H14N4S. The molecule has 2 aromatic carbocycles. The fourth-order valence-corrected chi connectivity index (χ4v) is 3.05. The summed E-state index contributed by atoms with van der Waals surface area (Å²) < 4.78 is 1.81. The molecule has 4 aromatic rings. The molecule has 4 nitrogen and oxygen atoms in total. The molecule has 0 amide bonds. The van der Waals surface area contributed by atoms with E-state index in [4.69, 9.17) is 0 Å². The van der Waals surface area contributed by atoms with Gasteiger partial charge < -0.3 is 0 Å². The summed E-state index contributed by atoms with van der Waals surface area (Å²) in [7, 11) is 0. The van der Waals surface area contributed by atoms with Gasteiger partial charge in [0.15, 0.2) is 5.82 Å². The third kappa shape index (κ3) is 2.78. The molecule has 0 radical (unpaired) electrons. The van der Waals surface area contributed by atoms with Crippen LogP contribution in [0.4, 0.5) is 0 Å². The molecule has 112 valence electrons. The average Bonchev–Trinajstić information content (AvgIpc) is 3.15. The maximum absolute atomic E-state index is 4.61. The predicted octanol–water partition coefficient (Wildman–Crippen LogP) is 4.33. The Hall–Kier alpha value is -2.79. The Bertz CT molecular complexity index is 965. The summed E-state index contributed by atoms with van der Waals surface area (Å²) in [5.41, 5.74) is 3.39. The van der Waals surface area contributed by atoms with Gasteiger partial charge in [0, 0.05) is 5.56 Å². The molecule has 0 aliphatic carbocycles. The quantitative estimate of drug-likeness (QED) is 0.564. The molecule has 5 heteroatoms. The van der Waals surface area contributed by atoms with Crippen molar-refractivity contribution in [1.29, 1.82) is 0 Å². The van der Waals surface area contributed by atoms with Gasteiger partial charge in [0.25, 0.3) is 0 Å². The SMILES string of the molecule is Cc1ccc(-c2nnc3sc(C=Cc4ccccc4)nn23)cc1. The van der Waals surface area contributed by atoms with E-state index in [0.717, 1.165) is 26.9 Å². The van der Waals surface area contributed by atoms with Gasteiger partial charge in [-0.05, 0) is 18.6 Å². The molecule has 0 aliphatic heterocycles. The Balaban J connectivity index is 1.69. The number of aryl methyl sites for hydroxylation is 1. The number of nitrogens with zero attached hydrogens (tertiary/aromatic N) is 4. The molecule has 0 atom stereocenters. The van der Waals surface area contributed by atoms with E-state index in [1.807, 2.05) is 36.4 Å². The summed E-state index contributed by atoms with van der Waals surface area (Å²) in [4.78, 5) is 0.799. The molecule has 23 heavy (non-hydrogen) atoms. The number of hydrogen-bond acceptors (Lipinski definition) is 4. The number of hydrogen-bond donors (Lipinski definition) is 0. The van der Waals surface area contributed by atoms with Crippen molar-refractivity contribution in [3.63, 3.8) is 0 Å². The van der Waals surface area contributed by atoms with E-state index in [0.29, 0.717) is 0 Å². The highest BCUT2D eigenvalue weighted by atomic mass is 32.1. The van der Waals surface area contributed by atoms with Gasteiger partial charge in [-0.15, -0.1) is 10.2 Å². The standard InChI is InChI=1S/C18H14N4S/c1-13-7-10-15(11-8-13)17-19-20-18-22(17)21-16(23-18)12-9-14-5-3-2-4-6-14/h2-12H,1H3. The van der Waals surface area contributed by atoms with Gasteiger partial charge in [0.2, 0.25) is 4.96 Å². The monoisotopic (exact) mass is 318 g/mol. The third-order valence-electron chi connectivity index (χ3n) is 3.53. The Labute approximate surface area is 137 Å². The second-order valence-electron chi connectivity index (χ2n) is 5.27. The van der Waals surface area contributed by atoms with E-state index in [9.17, 15) is 0 Å². The zero-order chi connectivity index (χ0) is 15.6. The first-order valence-electron chi connectivity index (χ1n) is 7.32. The van der Waals surface area contributed by atoms with Crippen LogP contribution in [0.25, 0.3) is 28.5 Å². The summed E-state index contributed by atoms with van der Waals surface area (Å²) in [5.74, 6) is 0.774. The molecule has 0 unspecified atom stereocenters. The molecule has 4 rings (SSSR count). The van der Waals surface area contributed by atoms with Crippen LogP contribution in [0, 0.1) is 6.92 Å². The van der Waals surface area contributed by atoms with Crippen LogP contribution in [0.15, 0.2) is 54.6 Å². The lowest BCUT2D eigenvalue weighted by Crippen LogP contribution is -1.90. The molecule has 0 aliphatic rings. The predicted molar refractivity (Wildman–Crippen MR) is 94.2 cm³/mol. The number of benzene rings is 2. The van der Waals surface area contributed by atoms with Crippen LogP contribution in [0.1, 0.15) is 16.1 Å². The van der Waals surface area contributed by atoms with Gasteiger partial charge in [-0.2, -0.15) is 9.61 Å². The molecule has 2 heterocycles. The maximum Gasteiger partial charge on any atom is 0.235 e. The number of rotatable bonds is 3. The summed E-state index contributed by atoms with van der Waals surface area (Å²) in [5, 5.41) is 14.0. The van der Waals surface area contributed by atoms with Crippen LogP contribution in [0.2, 0.25) is 0 Å². The molecule has 2 aromatic heterocycles. The van der Waals surface area contributed by atoms with Gasteiger partial charge in [-0.25, -0.2) is 0 Å². The van der Waals surface area contributed by atoms with Crippen LogP contribution in [0.3, 0.4) is 0 Å². The Kier molecular flexibility index (Phi) is 3.48. The first-order chi connectivity index (χ1) is 11.3. The van der Waals surface area contributed by atoms with E-state index in [2.05, 4.69) is 52.6 Å². The van der Waals surface area contributed by atoms with Crippen molar-refractivity contribution in [2.24, 2.45) is 0 Å². The van der Waals surface area contributed by atoms with Crippen molar-refractivity contribution in [3.8, 4) is 11.4 Å². The van der Waals surface area contributed by atoms with Crippen molar-refractivity contribution in [2.45, 2.75) is 6.92 Å². The topological polar surface area (TPSA) is 43.1 Å². The summed E-state index contributed by atoms with van der Waals surface area (Å²) in [6.45, 7) is 2.07. The minimum atomic E-state index is 0.774. The summed E-state index contributed by atoms with van der Waals surface area (Å²) >= 11 is 1.53. The van der Waals surface area contributed by atoms with E-state index in [-0.39, 0.29) is 0 Å². The summed E-state index contributed by atoms with van der Waals surface area (Å²) in [6.07, 6.45) is 4.06. The van der Waals surface area contributed by atoms with Crippen LogP contribution in [0.5, 0.6) is 0 Å². The first kappa shape index (κ1) is 13.8. The second kappa shape index (κ2) is 5.78. The van der Waals surface area contributed by atoms with Gasteiger partial charge in [-0.3, -0.25) is 0 Å². The molecule has 0 fully saturated rings. The smallest absolute Gasteiger partial charge is 0.182 e. The molecule has 0 spiro atoms. The summed E-state index contributed by atoms with van der Waals surface area (Å²) in [6, 6.07) is 18.4. The van der Waals surface area contributed by atoms with Crippen molar-refractivity contribution >= 4 is 28.4 Å². The highest BCUT2D eigenvalue weighted by Crippen LogP contribution is 2.22. The molecular weight excluding hydrogens is 304 g/mol. The highest BCUT2D eigenvalue weighted by Gasteiger charge is 2.12. The lowest BCUT2D eigenvalue weighted by atomic mass is 10.1. The lowest BCUT2D eigenvalue weighted by molar-refractivity contribution is 0.959. The average molecular weight is 318 g/mol. The van der Waals surface area contributed by atoms with E-state index >= 15 is 0 Å². The Morgan fingerprint density at radius 2 is 1.70 bits per heavy atom. The maximum atomic E-state index is 4.61. The van der Waals surface area contributed by atoms with Gasteiger partial charge >= 0.3 is 0 Å². The van der Waals surface area contributed by atoms with Crippen molar-refractivity contribution in [3.05, 3.63) is 70.7 Å². The van der Waals surface area contributed by atoms with E-state index in [1.165, 1.54) is 16.9 Å². The van der Waals surface area contributed by atoms with Crippen molar-refractivity contribution in [2.75, 3.05) is 0 Å². The third-order valence-corrected chi connectivity index (χ3v) is 4.40. The van der Waals surface area contributed by atoms with E-state index in [1.54, 1.807) is 4.52 Å². The fraction of sp³-hybridized carbons (Fsp3) is 0.0556. The minimum Gasteiger partial charge on any atom is -0.182 e. The van der Waals surface area contributed by atoms with Crippen LogP contribution in [-0.2, 0) is 0 Å². The van der Waals surface area contributed by atoms with Crippen LogP contribution >= 0.6 is 11.3 Å². The number of aromatic nitrogens is 4. The zero-order valence-electron chi connectivity index (χ0n) is 12.5. The van der Waals surface area contributed by atoms with Gasteiger partial charge in [-0.1, -0.05) is 77.6 Å². The second-order valence-corrected chi connectivity index (χ2v) is 6.26. The highest BCUT2D eigenvalue weighted by molar-refractivity contribution is 7.17. The van der Waals surface area contributed by atoms with Crippen LogP contribution in [-0.4, -0.2) is 19.8 Å². The molecule has 0 saturated heterocycles. The first-order valence-corrected chi connectivity index (χ1v) is 8.14. The Morgan fingerprint density at radius 3 is 2.48 bits per heavy atom. The minimum absolute atomic E-state index is 0.774. The van der Waals surface area contributed by atoms with Gasteiger partial charge in [0.1, 0.15) is 5.01 Å². The fourth-order valence-electron chi connectivity index (χ4n) is 2.31. The normalized spacial score (nSPS) is 11.5. The van der Waals surface area contributed by atoms with E-state index < -0.39 is 0 Å². The molecule has 0 bridgehead atoms. The van der Waals surface area contributed by atoms with Gasteiger partial charge in [0.05, 0.1) is 0 Å². The lowest BCUT2D eigenvalue weighted by Gasteiger charge is -1.97. The molecule has 0 saturated carbocycles. The number of fused-ring (bicyclic) bond motifs is 1. The molecule has 0 N–H and O–H groups in total.